The van der Waals surface area contributed by atoms with E-state index in [1.165, 1.54) is 0 Å². The van der Waals surface area contributed by atoms with Gasteiger partial charge in [0.2, 0.25) is 5.89 Å². The number of ketones is 1. The summed E-state index contributed by atoms with van der Waals surface area (Å²) < 4.78 is 5.28. The molecule has 1 saturated carbocycles. The first-order valence-electron chi connectivity index (χ1n) is 6.14. The molecular weight excluding hydrogens is 218 g/mol. The van der Waals surface area contributed by atoms with Gasteiger partial charge in [-0.1, -0.05) is 5.16 Å². The van der Waals surface area contributed by atoms with E-state index in [1.54, 1.807) is 0 Å². The highest BCUT2D eigenvalue weighted by molar-refractivity contribution is 5.79. The second-order valence-electron chi connectivity index (χ2n) is 4.92. The van der Waals surface area contributed by atoms with Crippen LogP contribution >= 0.6 is 0 Å². The lowest BCUT2D eigenvalue weighted by Gasteiger charge is -2.16. The number of carbonyl (C=O) groups excluding carboxylic acids is 1. The van der Waals surface area contributed by atoms with E-state index in [0.717, 1.165) is 31.6 Å². The van der Waals surface area contributed by atoms with Gasteiger partial charge in [-0.25, -0.2) is 0 Å². The summed E-state index contributed by atoms with van der Waals surface area (Å²) in [6, 6.07) is 0. The predicted molar refractivity (Wildman–Crippen MR) is 62.8 cm³/mol. The van der Waals surface area contributed by atoms with Crippen molar-refractivity contribution in [1.82, 2.24) is 15.0 Å². The van der Waals surface area contributed by atoms with Gasteiger partial charge in [0, 0.05) is 31.7 Å². The molecule has 0 spiro atoms. The Balaban J connectivity index is 1.91. The molecule has 1 heterocycles. The van der Waals surface area contributed by atoms with Crippen LogP contribution in [0, 0.1) is 0 Å². The Morgan fingerprint density at radius 2 is 2.06 bits per heavy atom. The molecule has 5 nitrogen and oxygen atoms in total. The minimum absolute atomic E-state index is 0.285. The SMILES string of the molecule is CN(C)CCc1noc(C2CCC(=O)CC2)n1. The first-order chi connectivity index (χ1) is 8.15. The number of rotatable bonds is 4. The maximum Gasteiger partial charge on any atom is 0.229 e. The Kier molecular flexibility index (Phi) is 3.89. The standard InChI is InChI=1S/C12H19N3O2/c1-15(2)8-7-11-13-12(17-14-11)9-3-5-10(16)6-4-9/h9H,3-8H2,1-2H3. The molecule has 1 aliphatic rings. The van der Waals surface area contributed by atoms with Gasteiger partial charge in [-0.2, -0.15) is 4.98 Å². The third-order valence-electron chi connectivity index (χ3n) is 3.16. The largest absolute Gasteiger partial charge is 0.339 e. The number of likely N-dealkylation sites (N-methyl/N-ethyl adjacent to an activating group) is 1. The molecule has 1 aliphatic carbocycles. The van der Waals surface area contributed by atoms with Gasteiger partial charge < -0.3 is 9.42 Å². The summed E-state index contributed by atoms with van der Waals surface area (Å²) in [6.07, 6.45) is 3.82. The van der Waals surface area contributed by atoms with E-state index in [2.05, 4.69) is 15.0 Å². The summed E-state index contributed by atoms with van der Waals surface area (Å²) in [5.41, 5.74) is 0. The second-order valence-corrected chi connectivity index (χ2v) is 4.92. The van der Waals surface area contributed by atoms with Crippen LogP contribution in [0.15, 0.2) is 4.52 Å². The molecule has 0 N–H and O–H groups in total. The van der Waals surface area contributed by atoms with Crippen molar-refractivity contribution in [3.05, 3.63) is 11.7 Å². The summed E-state index contributed by atoms with van der Waals surface area (Å²) in [7, 11) is 4.04. The highest BCUT2D eigenvalue weighted by Crippen LogP contribution is 2.29. The Labute approximate surface area is 101 Å². The molecule has 0 atom stereocenters. The van der Waals surface area contributed by atoms with Crippen molar-refractivity contribution < 1.29 is 9.32 Å². The number of carbonyl (C=O) groups is 1. The fraction of sp³-hybridized carbons (Fsp3) is 0.750. The molecule has 0 amide bonds. The molecule has 0 radical (unpaired) electrons. The number of aromatic nitrogens is 2. The maximum absolute atomic E-state index is 11.2. The van der Waals surface area contributed by atoms with E-state index in [9.17, 15) is 4.79 Å². The summed E-state index contributed by atoms with van der Waals surface area (Å²) in [5.74, 6) is 2.12. The molecule has 1 aromatic rings. The maximum atomic E-state index is 11.2. The Morgan fingerprint density at radius 1 is 1.35 bits per heavy atom. The zero-order chi connectivity index (χ0) is 12.3. The molecule has 17 heavy (non-hydrogen) atoms. The van der Waals surface area contributed by atoms with Gasteiger partial charge in [-0.3, -0.25) is 4.79 Å². The van der Waals surface area contributed by atoms with Crippen molar-refractivity contribution in [2.45, 2.75) is 38.0 Å². The molecule has 1 fully saturated rings. The Bertz CT molecular complexity index is 377. The Morgan fingerprint density at radius 3 is 2.71 bits per heavy atom. The van der Waals surface area contributed by atoms with Crippen LogP contribution in [-0.4, -0.2) is 41.5 Å². The van der Waals surface area contributed by atoms with Gasteiger partial charge in [0.25, 0.3) is 0 Å². The van der Waals surface area contributed by atoms with Gasteiger partial charge in [0.1, 0.15) is 5.78 Å². The lowest BCUT2D eigenvalue weighted by molar-refractivity contribution is -0.120. The van der Waals surface area contributed by atoms with Crippen molar-refractivity contribution in [1.29, 1.82) is 0 Å². The van der Waals surface area contributed by atoms with E-state index in [0.29, 0.717) is 24.5 Å². The average molecular weight is 237 g/mol. The smallest absolute Gasteiger partial charge is 0.229 e. The molecular formula is C12H19N3O2. The fourth-order valence-electron chi connectivity index (χ4n) is 2.05. The summed E-state index contributed by atoms with van der Waals surface area (Å²) in [6.45, 7) is 0.919. The zero-order valence-electron chi connectivity index (χ0n) is 10.5. The summed E-state index contributed by atoms with van der Waals surface area (Å²) in [4.78, 5) is 17.7. The highest BCUT2D eigenvalue weighted by Gasteiger charge is 2.24. The molecule has 0 unspecified atom stereocenters. The van der Waals surface area contributed by atoms with E-state index in [4.69, 9.17) is 4.52 Å². The Hall–Kier alpha value is -1.23. The van der Waals surface area contributed by atoms with Gasteiger partial charge in [0.05, 0.1) is 0 Å². The van der Waals surface area contributed by atoms with Crippen LogP contribution in [-0.2, 0) is 11.2 Å². The van der Waals surface area contributed by atoms with Crippen LogP contribution in [0.1, 0.15) is 43.3 Å². The first-order valence-corrected chi connectivity index (χ1v) is 6.14. The minimum atomic E-state index is 0.285. The molecule has 0 bridgehead atoms. The van der Waals surface area contributed by atoms with E-state index in [1.807, 2.05) is 14.1 Å². The van der Waals surface area contributed by atoms with Crippen LogP contribution in [0.4, 0.5) is 0 Å². The summed E-state index contributed by atoms with van der Waals surface area (Å²) in [5, 5.41) is 3.98. The molecule has 2 rings (SSSR count). The lowest BCUT2D eigenvalue weighted by atomic mass is 9.88. The van der Waals surface area contributed by atoms with Crippen LogP contribution in [0.5, 0.6) is 0 Å². The van der Waals surface area contributed by atoms with E-state index >= 15 is 0 Å². The third-order valence-corrected chi connectivity index (χ3v) is 3.16. The van der Waals surface area contributed by atoms with Crippen LogP contribution in [0.2, 0.25) is 0 Å². The fourth-order valence-corrected chi connectivity index (χ4v) is 2.05. The van der Waals surface area contributed by atoms with Crippen molar-refractivity contribution in [2.75, 3.05) is 20.6 Å². The average Bonchev–Trinajstić information content (AvgIpc) is 2.76. The number of Topliss-reactive ketones (excluding diaryl/α,β-unsaturated/α-hetero) is 1. The van der Waals surface area contributed by atoms with Gasteiger partial charge in [0.15, 0.2) is 5.82 Å². The number of nitrogens with zero attached hydrogens (tertiary/aromatic N) is 3. The highest BCUT2D eigenvalue weighted by atomic mass is 16.5. The number of hydrogen-bond acceptors (Lipinski definition) is 5. The van der Waals surface area contributed by atoms with Crippen molar-refractivity contribution in [3.8, 4) is 0 Å². The van der Waals surface area contributed by atoms with Crippen molar-refractivity contribution in [3.63, 3.8) is 0 Å². The normalized spacial score (nSPS) is 17.9. The summed E-state index contributed by atoms with van der Waals surface area (Å²) >= 11 is 0. The molecule has 0 saturated heterocycles. The monoisotopic (exact) mass is 237 g/mol. The second kappa shape index (κ2) is 5.40. The van der Waals surface area contributed by atoms with E-state index in [-0.39, 0.29) is 5.92 Å². The molecule has 0 aromatic carbocycles. The quantitative estimate of drug-likeness (QED) is 0.792. The van der Waals surface area contributed by atoms with Gasteiger partial charge >= 0.3 is 0 Å². The molecule has 94 valence electrons. The van der Waals surface area contributed by atoms with E-state index < -0.39 is 0 Å². The molecule has 0 aliphatic heterocycles. The van der Waals surface area contributed by atoms with Crippen molar-refractivity contribution in [2.24, 2.45) is 0 Å². The predicted octanol–water partition coefficient (Wildman–Crippen LogP) is 1.40. The number of hydrogen-bond donors (Lipinski definition) is 0. The first kappa shape index (κ1) is 12.2. The minimum Gasteiger partial charge on any atom is -0.339 e. The molecule has 1 aromatic heterocycles. The van der Waals surface area contributed by atoms with Crippen LogP contribution < -0.4 is 0 Å². The van der Waals surface area contributed by atoms with Crippen LogP contribution in [0.25, 0.3) is 0 Å². The van der Waals surface area contributed by atoms with Gasteiger partial charge in [-0.15, -0.1) is 0 Å². The van der Waals surface area contributed by atoms with Gasteiger partial charge in [-0.05, 0) is 26.9 Å². The third kappa shape index (κ3) is 3.36. The zero-order valence-corrected chi connectivity index (χ0v) is 10.5. The topological polar surface area (TPSA) is 59.2 Å². The van der Waals surface area contributed by atoms with Crippen molar-refractivity contribution >= 4 is 5.78 Å². The molecule has 5 heteroatoms. The lowest BCUT2D eigenvalue weighted by Crippen LogP contribution is -2.16. The van der Waals surface area contributed by atoms with Crippen LogP contribution in [0.3, 0.4) is 0 Å².